The monoisotopic (exact) mass is 390 g/mol. The van der Waals surface area contributed by atoms with Crippen molar-refractivity contribution < 1.29 is 33.8 Å². The number of carbonyl (C=O) groups is 3. The molecule has 1 aliphatic heterocycles. The summed E-state index contributed by atoms with van der Waals surface area (Å²) in [5.74, 6) is -1.83. The number of hydrogen-bond donors (Lipinski definition) is 2. The van der Waals surface area contributed by atoms with Crippen molar-refractivity contribution in [2.24, 2.45) is 0 Å². The minimum Gasteiger partial charge on any atom is -0.497 e. The fourth-order valence-electron chi connectivity index (χ4n) is 2.65. The number of carboxylic acids is 2. The van der Waals surface area contributed by atoms with Crippen LogP contribution >= 0.6 is 0 Å². The van der Waals surface area contributed by atoms with Crippen LogP contribution in [0.4, 0.5) is 0 Å². The maximum Gasteiger partial charge on any atom is 0.414 e. The molecular weight excluding hydrogens is 368 g/mol. The summed E-state index contributed by atoms with van der Waals surface area (Å²) < 4.78 is 10.5. The second-order valence-electron chi connectivity index (χ2n) is 5.99. The lowest BCUT2D eigenvalue weighted by Crippen LogP contribution is -2.48. The van der Waals surface area contributed by atoms with Gasteiger partial charge >= 0.3 is 11.9 Å². The molecule has 1 aliphatic rings. The van der Waals surface area contributed by atoms with Crippen LogP contribution in [0.5, 0.6) is 5.75 Å². The lowest BCUT2D eigenvalue weighted by Gasteiger charge is -2.34. The molecule has 0 aliphatic carbocycles. The van der Waals surface area contributed by atoms with E-state index in [9.17, 15) is 4.79 Å². The van der Waals surface area contributed by atoms with Crippen molar-refractivity contribution in [2.75, 3.05) is 33.3 Å². The van der Waals surface area contributed by atoms with Crippen molar-refractivity contribution in [2.45, 2.75) is 6.54 Å². The first kappa shape index (κ1) is 21.0. The van der Waals surface area contributed by atoms with Crippen LogP contribution in [0.1, 0.15) is 16.1 Å². The maximum absolute atomic E-state index is 12.5. The third-order valence-electron chi connectivity index (χ3n) is 4.14. The second-order valence-corrected chi connectivity index (χ2v) is 5.99. The minimum absolute atomic E-state index is 0.0836. The molecule has 9 nitrogen and oxygen atoms in total. The summed E-state index contributed by atoms with van der Waals surface area (Å²) >= 11 is 0. The number of furan rings is 1. The summed E-state index contributed by atoms with van der Waals surface area (Å²) in [6, 6.07) is 11.2. The molecule has 28 heavy (non-hydrogen) atoms. The number of amides is 1. The van der Waals surface area contributed by atoms with Crippen molar-refractivity contribution >= 4 is 17.8 Å². The minimum atomic E-state index is -1.82. The molecule has 2 heterocycles. The summed E-state index contributed by atoms with van der Waals surface area (Å²) in [5, 5.41) is 14.8. The van der Waals surface area contributed by atoms with Crippen LogP contribution in [0.25, 0.3) is 0 Å². The molecule has 0 radical (unpaired) electrons. The van der Waals surface area contributed by atoms with Crippen LogP contribution in [0, 0.1) is 0 Å². The van der Waals surface area contributed by atoms with Crippen molar-refractivity contribution in [3.63, 3.8) is 0 Å². The molecule has 0 bridgehead atoms. The van der Waals surface area contributed by atoms with Gasteiger partial charge in [-0.3, -0.25) is 9.69 Å². The zero-order chi connectivity index (χ0) is 20.5. The number of nitrogens with zero attached hydrogens (tertiary/aromatic N) is 2. The molecule has 0 spiro atoms. The highest BCUT2D eigenvalue weighted by molar-refractivity contribution is 6.27. The number of benzene rings is 1. The van der Waals surface area contributed by atoms with Gasteiger partial charge in [-0.15, -0.1) is 0 Å². The third-order valence-corrected chi connectivity index (χ3v) is 4.14. The number of carbonyl (C=O) groups excluding carboxylic acids is 1. The first-order valence-electron chi connectivity index (χ1n) is 8.55. The second kappa shape index (κ2) is 10.1. The number of rotatable bonds is 4. The average molecular weight is 390 g/mol. The molecule has 0 saturated carbocycles. The SMILES string of the molecule is COc1ccc(C(=O)N2CCN(Cc3ccco3)CC2)cc1.O=C(O)C(=O)O. The Morgan fingerprint density at radius 2 is 1.61 bits per heavy atom. The number of piperazine rings is 1. The van der Waals surface area contributed by atoms with E-state index >= 15 is 0 Å². The zero-order valence-corrected chi connectivity index (χ0v) is 15.4. The van der Waals surface area contributed by atoms with Gasteiger partial charge in [-0.05, 0) is 36.4 Å². The van der Waals surface area contributed by atoms with E-state index < -0.39 is 11.9 Å². The molecule has 1 saturated heterocycles. The summed E-state index contributed by atoms with van der Waals surface area (Å²) in [6.45, 7) is 4.01. The molecule has 2 aromatic rings. The van der Waals surface area contributed by atoms with Crippen LogP contribution in [-0.2, 0) is 16.1 Å². The van der Waals surface area contributed by atoms with E-state index in [0.717, 1.165) is 44.2 Å². The molecular formula is C19H22N2O7. The Morgan fingerprint density at radius 1 is 1.00 bits per heavy atom. The fourth-order valence-corrected chi connectivity index (χ4v) is 2.65. The normalized spacial score (nSPS) is 14.0. The van der Waals surface area contributed by atoms with Crippen LogP contribution in [0.15, 0.2) is 47.1 Å². The molecule has 1 amide bonds. The molecule has 0 atom stereocenters. The quantitative estimate of drug-likeness (QED) is 0.752. The number of methoxy groups -OCH3 is 1. The van der Waals surface area contributed by atoms with Gasteiger partial charge in [0.2, 0.25) is 0 Å². The summed E-state index contributed by atoms with van der Waals surface area (Å²) in [4.78, 5) is 34.9. The van der Waals surface area contributed by atoms with Gasteiger partial charge in [0.25, 0.3) is 5.91 Å². The Bertz CT molecular complexity index is 767. The van der Waals surface area contributed by atoms with E-state index in [1.165, 1.54) is 0 Å². The summed E-state index contributed by atoms with van der Waals surface area (Å²) in [5.41, 5.74) is 0.709. The smallest absolute Gasteiger partial charge is 0.414 e. The maximum atomic E-state index is 12.5. The first-order chi connectivity index (χ1) is 13.4. The number of aliphatic carboxylic acids is 2. The van der Waals surface area contributed by atoms with Gasteiger partial charge in [-0.1, -0.05) is 0 Å². The molecule has 9 heteroatoms. The van der Waals surface area contributed by atoms with Gasteiger partial charge in [0.1, 0.15) is 11.5 Å². The van der Waals surface area contributed by atoms with Gasteiger partial charge in [0, 0.05) is 31.7 Å². The van der Waals surface area contributed by atoms with Crippen molar-refractivity contribution in [3.8, 4) is 5.75 Å². The molecule has 150 valence electrons. The van der Waals surface area contributed by atoms with E-state index in [-0.39, 0.29) is 5.91 Å². The van der Waals surface area contributed by atoms with E-state index in [0.29, 0.717) is 5.56 Å². The molecule has 2 N–H and O–H groups in total. The Labute approximate surface area is 161 Å². The van der Waals surface area contributed by atoms with Crippen LogP contribution < -0.4 is 4.74 Å². The van der Waals surface area contributed by atoms with E-state index in [4.69, 9.17) is 29.0 Å². The van der Waals surface area contributed by atoms with Crippen LogP contribution in [0.3, 0.4) is 0 Å². The van der Waals surface area contributed by atoms with Gasteiger partial charge < -0.3 is 24.3 Å². The number of ether oxygens (including phenoxy) is 1. The molecule has 1 aromatic heterocycles. The predicted molar refractivity (Wildman–Crippen MR) is 98.2 cm³/mol. The lowest BCUT2D eigenvalue weighted by molar-refractivity contribution is -0.159. The van der Waals surface area contributed by atoms with E-state index in [1.54, 1.807) is 13.4 Å². The molecule has 1 fully saturated rings. The van der Waals surface area contributed by atoms with Gasteiger partial charge in [0.15, 0.2) is 0 Å². The number of hydrogen-bond acceptors (Lipinski definition) is 6. The topological polar surface area (TPSA) is 121 Å². The Balaban J connectivity index is 0.000000409. The van der Waals surface area contributed by atoms with Crippen molar-refractivity contribution in [1.29, 1.82) is 0 Å². The largest absolute Gasteiger partial charge is 0.497 e. The molecule has 1 aromatic carbocycles. The highest BCUT2D eigenvalue weighted by Crippen LogP contribution is 2.15. The Hall–Kier alpha value is -3.33. The predicted octanol–water partition coefficient (Wildman–Crippen LogP) is 1.40. The van der Waals surface area contributed by atoms with Gasteiger partial charge in [0.05, 0.1) is 19.9 Å². The first-order valence-corrected chi connectivity index (χ1v) is 8.55. The highest BCUT2D eigenvalue weighted by Gasteiger charge is 2.22. The molecule has 0 unspecified atom stereocenters. The highest BCUT2D eigenvalue weighted by atomic mass is 16.5. The molecule has 3 rings (SSSR count). The lowest BCUT2D eigenvalue weighted by atomic mass is 10.1. The Kier molecular flexibility index (Phi) is 7.58. The van der Waals surface area contributed by atoms with Gasteiger partial charge in [-0.25, -0.2) is 9.59 Å². The van der Waals surface area contributed by atoms with Crippen LogP contribution in [-0.4, -0.2) is 71.1 Å². The fraction of sp³-hybridized carbons (Fsp3) is 0.316. The van der Waals surface area contributed by atoms with Crippen LogP contribution in [0.2, 0.25) is 0 Å². The van der Waals surface area contributed by atoms with Crippen molar-refractivity contribution in [3.05, 3.63) is 54.0 Å². The Morgan fingerprint density at radius 3 is 2.07 bits per heavy atom. The van der Waals surface area contributed by atoms with E-state index in [1.807, 2.05) is 41.3 Å². The van der Waals surface area contributed by atoms with Gasteiger partial charge in [-0.2, -0.15) is 0 Å². The van der Waals surface area contributed by atoms with Crippen molar-refractivity contribution in [1.82, 2.24) is 9.80 Å². The summed E-state index contributed by atoms with van der Waals surface area (Å²) in [6.07, 6.45) is 1.69. The standard InChI is InChI=1S/C17H20N2O3.C2H2O4/c1-21-15-6-4-14(5-7-15)17(20)19-10-8-18(9-11-19)13-16-3-2-12-22-16;3-1(4)2(5)6/h2-7,12H,8-11,13H2,1H3;(H,3,4)(H,5,6). The average Bonchev–Trinajstić information content (AvgIpc) is 3.21. The zero-order valence-electron chi connectivity index (χ0n) is 15.4. The third kappa shape index (κ3) is 6.13. The number of carboxylic acid groups (broad SMARTS) is 2. The van der Waals surface area contributed by atoms with E-state index in [2.05, 4.69) is 4.90 Å². The summed E-state index contributed by atoms with van der Waals surface area (Å²) in [7, 11) is 1.62.